The number of carbonyl (C=O) groups excluding carboxylic acids is 1. The Hall–Kier alpha value is -3.47. The molecule has 0 fully saturated rings. The average molecular weight is 448 g/mol. The first kappa shape index (κ1) is 20.8. The maximum Gasteiger partial charge on any atom is 0.272 e. The summed E-state index contributed by atoms with van der Waals surface area (Å²) in [6.45, 7) is 0.666. The lowest BCUT2D eigenvalue weighted by Gasteiger charge is -2.22. The number of amides is 1. The van der Waals surface area contributed by atoms with Crippen LogP contribution in [0.4, 0.5) is 0 Å². The van der Waals surface area contributed by atoms with Crippen LogP contribution in [0.3, 0.4) is 0 Å². The van der Waals surface area contributed by atoms with Crippen LogP contribution >= 0.6 is 22.9 Å². The van der Waals surface area contributed by atoms with Crippen LogP contribution in [0.1, 0.15) is 22.5 Å². The molecule has 3 aromatic heterocycles. The van der Waals surface area contributed by atoms with Gasteiger partial charge in [-0.15, -0.1) is 11.3 Å². The normalized spacial score (nSPS) is 10.6. The second-order valence-electron chi connectivity index (χ2n) is 6.78. The van der Waals surface area contributed by atoms with Crippen LogP contribution in [0.25, 0.3) is 16.3 Å². The minimum atomic E-state index is -0.204. The maximum absolute atomic E-state index is 13.6. The number of benzene rings is 1. The number of hydrogen-bond donors (Lipinski definition) is 0. The largest absolute Gasteiger partial charge is 0.332 e. The number of carbonyl (C=O) groups is 1. The first-order valence-electron chi connectivity index (χ1n) is 9.61. The Morgan fingerprint density at radius 3 is 2.71 bits per heavy atom. The van der Waals surface area contributed by atoms with Crippen molar-refractivity contribution >= 4 is 28.8 Å². The van der Waals surface area contributed by atoms with Gasteiger partial charge in [0.25, 0.3) is 5.91 Å². The Bertz CT molecular complexity index is 1200. The fourth-order valence-electron chi connectivity index (χ4n) is 3.17. The van der Waals surface area contributed by atoms with Crippen LogP contribution in [0.15, 0.2) is 72.4 Å². The quantitative estimate of drug-likeness (QED) is 0.390. The molecule has 0 aliphatic carbocycles. The van der Waals surface area contributed by atoms with E-state index >= 15 is 0 Å². The fraction of sp³-hybridized carbons (Fsp3) is 0.130. The molecule has 4 aromatic rings. The van der Waals surface area contributed by atoms with Crippen LogP contribution in [0.5, 0.6) is 0 Å². The summed E-state index contributed by atoms with van der Waals surface area (Å²) < 4.78 is 1.64. The molecule has 0 saturated heterocycles. The van der Waals surface area contributed by atoms with Gasteiger partial charge in [-0.3, -0.25) is 9.78 Å². The van der Waals surface area contributed by atoms with Gasteiger partial charge in [0.1, 0.15) is 11.4 Å². The van der Waals surface area contributed by atoms with Crippen LogP contribution in [0, 0.1) is 11.3 Å². The van der Waals surface area contributed by atoms with Gasteiger partial charge >= 0.3 is 0 Å². The highest BCUT2D eigenvalue weighted by molar-refractivity contribution is 7.13. The summed E-state index contributed by atoms with van der Waals surface area (Å²) in [6.07, 6.45) is 3.65. The van der Waals surface area contributed by atoms with E-state index in [0.717, 1.165) is 21.8 Å². The summed E-state index contributed by atoms with van der Waals surface area (Å²) >= 11 is 7.61. The molecule has 8 heteroatoms. The van der Waals surface area contributed by atoms with Crippen molar-refractivity contribution in [2.75, 3.05) is 6.54 Å². The Balaban J connectivity index is 1.75. The predicted octanol–water partition coefficient (Wildman–Crippen LogP) is 5.21. The van der Waals surface area contributed by atoms with Crippen molar-refractivity contribution in [3.05, 3.63) is 88.7 Å². The molecule has 4 rings (SSSR count). The lowest BCUT2D eigenvalue weighted by atomic mass is 10.2. The highest BCUT2D eigenvalue weighted by atomic mass is 35.5. The van der Waals surface area contributed by atoms with E-state index in [1.165, 1.54) is 0 Å². The van der Waals surface area contributed by atoms with Gasteiger partial charge in [0.05, 0.1) is 23.1 Å². The molecule has 0 radical (unpaired) electrons. The number of aromatic nitrogens is 3. The maximum atomic E-state index is 13.6. The molecule has 1 amide bonds. The Morgan fingerprint density at radius 2 is 2.03 bits per heavy atom. The number of rotatable bonds is 7. The summed E-state index contributed by atoms with van der Waals surface area (Å²) in [4.78, 5) is 20.4. The molecule has 1 aromatic carbocycles. The summed E-state index contributed by atoms with van der Waals surface area (Å²) in [6, 6.07) is 18.8. The van der Waals surface area contributed by atoms with Gasteiger partial charge in [-0.05, 0) is 53.4 Å². The van der Waals surface area contributed by atoms with Gasteiger partial charge in [0.2, 0.25) is 0 Å². The molecule has 154 valence electrons. The fourth-order valence-corrected chi connectivity index (χ4v) is 3.98. The molecule has 3 heterocycles. The predicted molar refractivity (Wildman–Crippen MR) is 121 cm³/mol. The molecule has 0 aliphatic rings. The third-order valence-corrected chi connectivity index (χ3v) is 5.79. The Kier molecular flexibility index (Phi) is 6.41. The third-order valence-electron chi connectivity index (χ3n) is 4.65. The number of nitriles is 1. The average Bonchev–Trinajstić information content (AvgIpc) is 3.47. The van der Waals surface area contributed by atoms with Crippen molar-refractivity contribution in [3.63, 3.8) is 0 Å². The molecule has 0 unspecified atom stereocenters. The second kappa shape index (κ2) is 9.56. The molecule has 31 heavy (non-hydrogen) atoms. The molecule has 0 spiro atoms. The number of nitrogens with zero attached hydrogens (tertiary/aromatic N) is 5. The van der Waals surface area contributed by atoms with E-state index in [2.05, 4.69) is 11.1 Å². The van der Waals surface area contributed by atoms with Gasteiger partial charge < -0.3 is 4.90 Å². The van der Waals surface area contributed by atoms with Crippen LogP contribution < -0.4 is 0 Å². The Labute approximate surface area is 189 Å². The molecule has 0 N–H and O–H groups in total. The zero-order valence-corrected chi connectivity index (χ0v) is 18.1. The third kappa shape index (κ3) is 4.82. The van der Waals surface area contributed by atoms with E-state index in [0.29, 0.717) is 23.8 Å². The highest BCUT2D eigenvalue weighted by Crippen LogP contribution is 2.27. The van der Waals surface area contributed by atoms with Gasteiger partial charge in [0, 0.05) is 30.5 Å². The summed E-state index contributed by atoms with van der Waals surface area (Å²) in [7, 11) is 0. The first-order valence-corrected chi connectivity index (χ1v) is 10.9. The first-order chi connectivity index (χ1) is 15.2. The number of thiophene rings is 1. The van der Waals surface area contributed by atoms with Crippen LogP contribution in [-0.2, 0) is 6.54 Å². The topological polar surface area (TPSA) is 74.8 Å². The summed E-state index contributed by atoms with van der Waals surface area (Å²) in [5.41, 5.74) is 2.77. The van der Waals surface area contributed by atoms with Gasteiger partial charge in [-0.25, -0.2) is 4.68 Å². The van der Waals surface area contributed by atoms with Gasteiger partial charge in [-0.1, -0.05) is 23.7 Å². The zero-order valence-electron chi connectivity index (χ0n) is 16.5. The molecule has 0 aliphatic heterocycles. The smallest absolute Gasteiger partial charge is 0.272 e. The second-order valence-corrected chi connectivity index (χ2v) is 8.16. The van der Waals surface area contributed by atoms with Crippen molar-refractivity contribution in [3.8, 4) is 22.3 Å². The monoisotopic (exact) mass is 447 g/mol. The number of halogens is 1. The van der Waals surface area contributed by atoms with Gasteiger partial charge in [-0.2, -0.15) is 10.4 Å². The van der Waals surface area contributed by atoms with E-state index in [1.54, 1.807) is 51.5 Å². The summed E-state index contributed by atoms with van der Waals surface area (Å²) in [5, 5.41) is 16.4. The molecule has 0 atom stereocenters. The molecule has 0 saturated carbocycles. The molecule has 6 nitrogen and oxygen atoms in total. The van der Waals surface area contributed by atoms with Crippen molar-refractivity contribution in [2.24, 2.45) is 0 Å². The number of hydrogen-bond acceptors (Lipinski definition) is 5. The van der Waals surface area contributed by atoms with E-state index in [4.69, 9.17) is 22.0 Å². The SMILES string of the molecule is N#CCCN(Cc1cccnc1)C(=O)c1cc(-c2cccs2)nn1-c1ccc(Cl)cc1. The summed E-state index contributed by atoms with van der Waals surface area (Å²) in [5.74, 6) is -0.204. The number of pyridine rings is 1. The standard InChI is InChI=1S/C23H18ClN5OS/c24-18-6-8-19(9-7-18)29-21(14-20(27-29)22-5-2-13-31-22)23(30)28(12-3-10-25)16-17-4-1-11-26-15-17/h1-2,4-9,11,13-15H,3,12,16H2. The molecular weight excluding hydrogens is 430 g/mol. The van der Waals surface area contributed by atoms with Crippen LogP contribution in [-0.4, -0.2) is 32.1 Å². The lowest BCUT2D eigenvalue weighted by Crippen LogP contribution is -2.33. The van der Waals surface area contributed by atoms with Crippen molar-refractivity contribution < 1.29 is 4.79 Å². The van der Waals surface area contributed by atoms with E-state index in [1.807, 2.05) is 41.8 Å². The van der Waals surface area contributed by atoms with Crippen molar-refractivity contribution in [1.82, 2.24) is 19.7 Å². The molecular formula is C23H18ClN5OS. The minimum Gasteiger partial charge on any atom is -0.332 e. The molecule has 0 bridgehead atoms. The van der Waals surface area contributed by atoms with E-state index in [9.17, 15) is 4.79 Å². The van der Waals surface area contributed by atoms with Crippen LogP contribution in [0.2, 0.25) is 5.02 Å². The van der Waals surface area contributed by atoms with E-state index in [-0.39, 0.29) is 12.3 Å². The van der Waals surface area contributed by atoms with Crippen molar-refractivity contribution in [2.45, 2.75) is 13.0 Å². The minimum absolute atomic E-state index is 0.204. The Morgan fingerprint density at radius 1 is 1.19 bits per heavy atom. The highest BCUT2D eigenvalue weighted by Gasteiger charge is 2.23. The van der Waals surface area contributed by atoms with Crippen molar-refractivity contribution in [1.29, 1.82) is 5.26 Å². The van der Waals surface area contributed by atoms with E-state index < -0.39 is 0 Å². The zero-order chi connectivity index (χ0) is 21.6. The van der Waals surface area contributed by atoms with Gasteiger partial charge in [0.15, 0.2) is 0 Å². The lowest BCUT2D eigenvalue weighted by molar-refractivity contribution is 0.0737.